The molecule has 2 atom stereocenters. The van der Waals surface area contributed by atoms with E-state index in [1.807, 2.05) is 37.3 Å². The molecular formula is C19H26N4O. The maximum atomic E-state index is 12.2. The summed E-state index contributed by atoms with van der Waals surface area (Å²) in [5, 5.41) is 4.59. The summed E-state index contributed by atoms with van der Waals surface area (Å²) in [7, 11) is 0. The lowest BCUT2D eigenvalue weighted by molar-refractivity contribution is -0.125. The molecule has 5 heteroatoms. The van der Waals surface area contributed by atoms with Crippen LogP contribution in [0, 0.1) is 13.8 Å². The van der Waals surface area contributed by atoms with Crippen LogP contribution in [-0.2, 0) is 11.3 Å². The Morgan fingerprint density at radius 1 is 1.29 bits per heavy atom. The minimum absolute atomic E-state index is 0.273. The lowest BCUT2D eigenvalue weighted by Gasteiger charge is -2.40. The van der Waals surface area contributed by atoms with Gasteiger partial charge in [0.05, 0.1) is 12.2 Å². The number of amides is 1. The van der Waals surface area contributed by atoms with Gasteiger partial charge in [0.15, 0.2) is 0 Å². The normalized spacial score (nSPS) is 20.0. The van der Waals surface area contributed by atoms with Gasteiger partial charge in [-0.2, -0.15) is 5.10 Å². The van der Waals surface area contributed by atoms with Gasteiger partial charge in [-0.15, -0.1) is 0 Å². The number of aryl methyl sites for hydroxylation is 2. The summed E-state index contributed by atoms with van der Waals surface area (Å²) in [5.74, 6) is -0.276. The van der Waals surface area contributed by atoms with Gasteiger partial charge in [0.2, 0.25) is 5.91 Å². The van der Waals surface area contributed by atoms with Crippen molar-refractivity contribution in [2.75, 3.05) is 6.54 Å². The van der Waals surface area contributed by atoms with Crippen LogP contribution in [0.5, 0.6) is 0 Å². The number of carbonyl (C=O) groups excluding carboxylic acids is 1. The van der Waals surface area contributed by atoms with E-state index in [-0.39, 0.29) is 18.0 Å². The van der Waals surface area contributed by atoms with E-state index in [9.17, 15) is 4.79 Å². The first-order valence-corrected chi connectivity index (χ1v) is 8.67. The second-order valence-electron chi connectivity index (χ2n) is 6.71. The molecule has 5 nitrogen and oxygen atoms in total. The zero-order valence-electron chi connectivity index (χ0n) is 14.5. The van der Waals surface area contributed by atoms with Crippen molar-refractivity contribution >= 4 is 5.91 Å². The first-order chi connectivity index (χ1) is 11.6. The average molecular weight is 326 g/mol. The Kier molecular flexibility index (Phi) is 5.00. The number of hydrogen-bond donors (Lipinski definition) is 1. The fourth-order valence-electron chi connectivity index (χ4n) is 3.77. The van der Waals surface area contributed by atoms with Crippen LogP contribution in [0.3, 0.4) is 0 Å². The lowest BCUT2D eigenvalue weighted by atomic mass is 9.95. The van der Waals surface area contributed by atoms with Crippen LogP contribution in [0.2, 0.25) is 0 Å². The third kappa shape index (κ3) is 3.51. The van der Waals surface area contributed by atoms with Crippen molar-refractivity contribution in [1.82, 2.24) is 14.7 Å². The number of aromatic nitrogens is 2. The van der Waals surface area contributed by atoms with Gasteiger partial charge >= 0.3 is 0 Å². The van der Waals surface area contributed by atoms with Gasteiger partial charge in [0.1, 0.15) is 6.04 Å². The van der Waals surface area contributed by atoms with Crippen molar-refractivity contribution in [3.63, 3.8) is 0 Å². The van der Waals surface area contributed by atoms with Crippen LogP contribution >= 0.6 is 0 Å². The largest absolute Gasteiger partial charge is 0.368 e. The molecule has 2 N–H and O–H groups in total. The molecule has 2 heterocycles. The fourth-order valence-corrected chi connectivity index (χ4v) is 3.77. The second kappa shape index (κ2) is 7.18. The number of rotatable bonds is 5. The smallest absolute Gasteiger partial charge is 0.239 e. The van der Waals surface area contributed by atoms with E-state index in [4.69, 9.17) is 5.73 Å². The summed E-state index contributed by atoms with van der Waals surface area (Å²) in [5.41, 5.74) is 8.96. The molecule has 0 radical (unpaired) electrons. The highest BCUT2D eigenvalue weighted by molar-refractivity contribution is 5.81. The maximum absolute atomic E-state index is 12.2. The van der Waals surface area contributed by atoms with Gasteiger partial charge < -0.3 is 5.73 Å². The minimum atomic E-state index is -0.367. The van der Waals surface area contributed by atoms with Crippen molar-refractivity contribution in [1.29, 1.82) is 0 Å². The number of carbonyl (C=O) groups is 1. The molecule has 0 aliphatic carbocycles. The number of nitrogens with zero attached hydrogens (tertiary/aromatic N) is 3. The molecule has 1 aliphatic rings. The number of nitrogens with two attached hydrogens (primary N) is 1. The third-order valence-electron chi connectivity index (χ3n) is 4.88. The highest BCUT2D eigenvalue weighted by atomic mass is 16.1. The molecule has 1 amide bonds. The number of piperidine rings is 1. The van der Waals surface area contributed by atoms with Gasteiger partial charge in [-0.05, 0) is 44.9 Å². The van der Waals surface area contributed by atoms with Crippen LogP contribution in [0.15, 0.2) is 36.4 Å². The molecule has 0 unspecified atom stereocenters. The van der Waals surface area contributed by atoms with E-state index >= 15 is 0 Å². The Morgan fingerprint density at radius 3 is 2.67 bits per heavy atom. The van der Waals surface area contributed by atoms with Crippen LogP contribution < -0.4 is 5.73 Å². The van der Waals surface area contributed by atoms with Gasteiger partial charge in [-0.3, -0.25) is 14.4 Å². The Bertz CT molecular complexity index is 695. The van der Waals surface area contributed by atoms with Gasteiger partial charge in [0, 0.05) is 11.7 Å². The zero-order chi connectivity index (χ0) is 17.1. The number of hydrogen-bond acceptors (Lipinski definition) is 3. The molecule has 0 saturated carbocycles. The van der Waals surface area contributed by atoms with E-state index in [2.05, 4.69) is 27.7 Å². The quantitative estimate of drug-likeness (QED) is 0.918. The molecule has 2 aromatic rings. The summed E-state index contributed by atoms with van der Waals surface area (Å²) >= 11 is 0. The van der Waals surface area contributed by atoms with Crippen LogP contribution in [0.4, 0.5) is 0 Å². The Morgan fingerprint density at radius 2 is 2.04 bits per heavy atom. The Labute approximate surface area is 143 Å². The van der Waals surface area contributed by atoms with Gasteiger partial charge in [0.25, 0.3) is 0 Å². The highest BCUT2D eigenvalue weighted by Crippen LogP contribution is 2.29. The van der Waals surface area contributed by atoms with Crippen molar-refractivity contribution in [2.45, 2.75) is 51.7 Å². The molecule has 1 aromatic carbocycles. The second-order valence-corrected chi connectivity index (χ2v) is 6.71. The molecule has 1 aromatic heterocycles. The summed E-state index contributed by atoms with van der Waals surface area (Å²) in [6.45, 7) is 5.79. The summed E-state index contributed by atoms with van der Waals surface area (Å²) in [6, 6.07) is 11.9. The molecule has 0 spiro atoms. The van der Waals surface area contributed by atoms with Crippen molar-refractivity contribution in [3.05, 3.63) is 53.3 Å². The summed E-state index contributed by atoms with van der Waals surface area (Å²) in [6.07, 6.45) is 3.35. The molecule has 3 rings (SSSR count). The zero-order valence-corrected chi connectivity index (χ0v) is 14.5. The Balaban J connectivity index is 1.87. The lowest BCUT2D eigenvalue weighted by Crippen LogP contribution is -2.48. The highest BCUT2D eigenvalue weighted by Gasteiger charge is 2.33. The molecule has 1 saturated heterocycles. The molecule has 0 bridgehead atoms. The SMILES string of the molecule is Cc1cc(C)n(C[C@H]2CCCCN2[C@H](C(N)=O)c2ccccc2)n1. The van der Waals surface area contributed by atoms with Crippen molar-refractivity contribution in [2.24, 2.45) is 5.73 Å². The van der Waals surface area contributed by atoms with Crippen LogP contribution in [0.1, 0.15) is 42.3 Å². The molecule has 24 heavy (non-hydrogen) atoms. The van der Waals surface area contributed by atoms with E-state index in [0.29, 0.717) is 0 Å². The Hall–Kier alpha value is -2.14. The predicted molar refractivity (Wildman–Crippen MR) is 94.4 cm³/mol. The predicted octanol–water partition coefficient (Wildman–Crippen LogP) is 2.58. The first kappa shape index (κ1) is 16.7. The number of benzene rings is 1. The molecule has 128 valence electrons. The molecule has 1 fully saturated rings. The average Bonchev–Trinajstić information content (AvgIpc) is 2.87. The summed E-state index contributed by atoms with van der Waals surface area (Å²) < 4.78 is 2.06. The molecular weight excluding hydrogens is 300 g/mol. The maximum Gasteiger partial charge on any atom is 0.239 e. The fraction of sp³-hybridized carbons (Fsp3) is 0.474. The summed E-state index contributed by atoms with van der Waals surface area (Å²) in [4.78, 5) is 14.5. The minimum Gasteiger partial charge on any atom is -0.368 e. The van der Waals surface area contributed by atoms with Crippen molar-refractivity contribution < 1.29 is 4.79 Å². The van der Waals surface area contributed by atoms with Gasteiger partial charge in [-0.1, -0.05) is 36.8 Å². The van der Waals surface area contributed by atoms with E-state index in [1.54, 1.807) is 0 Å². The topological polar surface area (TPSA) is 64.2 Å². The van der Waals surface area contributed by atoms with E-state index in [0.717, 1.165) is 42.9 Å². The third-order valence-corrected chi connectivity index (χ3v) is 4.88. The number of primary amides is 1. The van der Waals surface area contributed by atoms with E-state index in [1.165, 1.54) is 6.42 Å². The van der Waals surface area contributed by atoms with Crippen LogP contribution in [-0.4, -0.2) is 33.2 Å². The monoisotopic (exact) mass is 326 g/mol. The van der Waals surface area contributed by atoms with Gasteiger partial charge in [-0.25, -0.2) is 0 Å². The number of likely N-dealkylation sites (tertiary alicyclic amines) is 1. The van der Waals surface area contributed by atoms with Crippen molar-refractivity contribution in [3.8, 4) is 0 Å². The molecule has 1 aliphatic heterocycles. The standard InChI is InChI=1S/C19H26N4O/c1-14-12-15(2)23(21-14)13-17-10-6-7-11-22(17)18(19(20)24)16-8-4-3-5-9-16/h3-5,8-9,12,17-18H,6-7,10-11,13H2,1-2H3,(H2,20,24)/t17-,18+/m1/s1. The first-order valence-electron chi connectivity index (χ1n) is 8.67. The van der Waals surface area contributed by atoms with Crippen LogP contribution in [0.25, 0.3) is 0 Å². The van der Waals surface area contributed by atoms with E-state index < -0.39 is 0 Å².